The molecule has 0 aromatic rings. The van der Waals surface area contributed by atoms with E-state index in [0.717, 1.165) is 5.57 Å². The number of hydrogen-bond acceptors (Lipinski definition) is 2. The lowest BCUT2D eigenvalue weighted by molar-refractivity contribution is 0.884. The average molecular weight is 126 g/mol. The molecule has 0 aliphatic heterocycles. The van der Waals surface area contributed by atoms with E-state index in [1.807, 2.05) is 6.92 Å². The summed E-state index contributed by atoms with van der Waals surface area (Å²) in [6.45, 7) is 7.22. The van der Waals surface area contributed by atoms with Gasteiger partial charge in [0, 0.05) is 0 Å². The average Bonchev–Trinajstić information content (AvgIpc) is 1.82. The van der Waals surface area contributed by atoms with E-state index in [1.165, 1.54) is 0 Å². The summed E-state index contributed by atoms with van der Waals surface area (Å²) in [5, 5.41) is 2.50. The molecule has 0 aliphatic carbocycles. The molecule has 1 N–H and O–H groups in total. The van der Waals surface area contributed by atoms with Crippen molar-refractivity contribution in [1.82, 2.24) is 5.43 Å². The highest BCUT2D eigenvalue weighted by molar-refractivity contribution is 5.22. The Morgan fingerprint density at radius 1 is 1.78 bits per heavy atom. The molecule has 0 heterocycles. The maximum absolute atomic E-state index is 9.64. The molecule has 0 saturated heterocycles. The summed E-state index contributed by atoms with van der Waals surface area (Å²) >= 11 is 0. The zero-order valence-corrected chi connectivity index (χ0v) is 5.64. The first-order valence-corrected chi connectivity index (χ1v) is 2.63. The van der Waals surface area contributed by atoms with Crippen LogP contribution in [0.1, 0.15) is 13.8 Å². The summed E-state index contributed by atoms with van der Waals surface area (Å²) in [4.78, 5) is 9.64. The first-order chi connectivity index (χ1) is 4.22. The van der Waals surface area contributed by atoms with E-state index < -0.39 is 0 Å². The van der Waals surface area contributed by atoms with Crippen LogP contribution >= 0.6 is 0 Å². The minimum Gasteiger partial charge on any atom is -0.242 e. The third-order valence-corrected chi connectivity index (χ3v) is 0.915. The molecule has 50 valence electrons. The molecule has 0 aliphatic rings. The predicted molar refractivity (Wildman–Crippen MR) is 37.5 cm³/mol. The van der Waals surface area contributed by atoms with Gasteiger partial charge >= 0.3 is 0 Å². The van der Waals surface area contributed by atoms with E-state index in [1.54, 1.807) is 13.0 Å². The maximum atomic E-state index is 9.64. The normalized spacial score (nSPS) is 10.7. The second-order valence-corrected chi connectivity index (χ2v) is 1.69. The summed E-state index contributed by atoms with van der Waals surface area (Å²) in [5.74, 6) is 0. The van der Waals surface area contributed by atoms with Gasteiger partial charge in [0.2, 0.25) is 0 Å². The Kier molecular flexibility index (Phi) is 3.35. The summed E-state index contributed by atoms with van der Waals surface area (Å²) in [7, 11) is 0. The van der Waals surface area contributed by atoms with Gasteiger partial charge in [0.05, 0.1) is 11.0 Å². The largest absolute Gasteiger partial charge is 0.242 e. The Bertz CT molecular complexity index is 149. The van der Waals surface area contributed by atoms with Crippen LogP contribution in [0.4, 0.5) is 0 Å². The fraction of sp³-hybridized carbons (Fsp3) is 0.333. The second kappa shape index (κ2) is 3.83. The quantitative estimate of drug-likeness (QED) is 0.355. The Labute approximate surface area is 54.4 Å². The lowest BCUT2D eigenvalue weighted by atomic mass is 10.2. The van der Waals surface area contributed by atoms with Crippen molar-refractivity contribution in [3.63, 3.8) is 0 Å². The summed E-state index contributed by atoms with van der Waals surface area (Å²) < 4.78 is 0. The predicted octanol–water partition coefficient (Wildman–Crippen LogP) is 1.74. The SMILES string of the molecule is C=C(C)/C(=C\C)NN=O. The summed E-state index contributed by atoms with van der Waals surface area (Å²) in [6.07, 6.45) is 1.74. The fourth-order valence-electron chi connectivity index (χ4n) is 0.456. The van der Waals surface area contributed by atoms with Crippen LogP contribution < -0.4 is 5.43 Å². The molecule has 0 fully saturated rings. The lowest BCUT2D eigenvalue weighted by Gasteiger charge is -1.99. The van der Waals surface area contributed by atoms with Crippen molar-refractivity contribution in [2.45, 2.75) is 13.8 Å². The van der Waals surface area contributed by atoms with Gasteiger partial charge in [-0.3, -0.25) is 0 Å². The van der Waals surface area contributed by atoms with E-state index in [0.29, 0.717) is 5.70 Å². The van der Waals surface area contributed by atoms with Gasteiger partial charge < -0.3 is 0 Å². The van der Waals surface area contributed by atoms with Gasteiger partial charge in [-0.1, -0.05) is 12.7 Å². The lowest BCUT2D eigenvalue weighted by Crippen LogP contribution is -2.03. The Hall–Kier alpha value is -1.12. The topological polar surface area (TPSA) is 41.5 Å². The molecule has 3 heteroatoms. The molecule has 0 radical (unpaired) electrons. The van der Waals surface area contributed by atoms with Crippen LogP contribution in [0.2, 0.25) is 0 Å². The Morgan fingerprint density at radius 2 is 2.33 bits per heavy atom. The van der Waals surface area contributed by atoms with E-state index >= 15 is 0 Å². The van der Waals surface area contributed by atoms with Crippen LogP contribution in [0.25, 0.3) is 0 Å². The fourth-order valence-corrected chi connectivity index (χ4v) is 0.456. The Balaban J connectivity index is 4.00. The van der Waals surface area contributed by atoms with Crippen molar-refractivity contribution in [3.8, 4) is 0 Å². The molecule has 3 nitrogen and oxygen atoms in total. The first kappa shape index (κ1) is 7.88. The molecule has 9 heavy (non-hydrogen) atoms. The molecule has 0 amide bonds. The summed E-state index contributed by atoms with van der Waals surface area (Å²) in [5.41, 5.74) is 3.74. The molecule has 0 aromatic carbocycles. The van der Waals surface area contributed by atoms with Gasteiger partial charge in [0.15, 0.2) is 0 Å². The van der Waals surface area contributed by atoms with Crippen molar-refractivity contribution in [1.29, 1.82) is 0 Å². The third kappa shape index (κ3) is 2.64. The first-order valence-electron chi connectivity index (χ1n) is 2.63. The molecular weight excluding hydrogens is 116 g/mol. The van der Waals surface area contributed by atoms with Crippen molar-refractivity contribution >= 4 is 0 Å². The molecule has 0 saturated carbocycles. The molecule has 0 spiro atoms. The standard InChI is InChI=1S/C6H10N2O/c1-4-6(5(2)3)7-8-9/h4H,2H2,1,3H3,(H,7,9)/b6-4+. The van der Waals surface area contributed by atoms with Crippen LogP contribution in [0.3, 0.4) is 0 Å². The minimum absolute atomic E-state index is 0.671. The zero-order chi connectivity index (χ0) is 7.28. The van der Waals surface area contributed by atoms with Crippen molar-refractivity contribution in [2.24, 2.45) is 5.29 Å². The second-order valence-electron chi connectivity index (χ2n) is 1.69. The number of allylic oxidation sites excluding steroid dienone is 2. The highest BCUT2D eigenvalue weighted by Gasteiger charge is 1.91. The number of nitrogens with zero attached hydrogens (tertiary/aromatic N) is 1. The van der Waals surface area contributed by atoms with Crippen LogP contribution in [0.5, 0.6) is 0 Å². The van der Waals surface area contributed by atoms with Crippen molar-refractivity contribution < 1.29 is 0 Å². The van der Waals surface area contributed by atoms with Crippen LogP contribution in [-0.2, 0) is 0 Å². The van der Waals surface area contributed by atoms with E-state index in [4.69, 9.17) is 0 Å². The van der Waals surface area contributed by atoms with Gasteiger partial charge in [-0.25, -0.2) is 5.43 Å². The van der Waals surface area contributed by atoms with Gasteiger partial charge in [-0.2, -0.15) is 0 Å². The van der Waals surface area contributed by atoms with Crippen molar-refractivity contribution in [3.05, 3.63) is 28.8 Å². The molecule has 0 rings (SSSR count). The number of nitroso groups, excluding NO2 is 1. The van der Waals surface area contributed by atoms with Gasteiger partial charge in [-0.05, 0) is 19.4 Å². The van der Waals surface area contributed by atoms with Crippen molar-refractivity contribution in [2.75, 3.05) is 0 Å². The van der Waals surface area contributed by atoms with Crippen LogP contribution in [0.15, 0.2) is 29.2 Å². The van der Waals surface area contributed by atoms with Crippen LogP contribution in [0, 0.1) is 4.91 Å². The monoisotopic (exact) mass is 126 g/mol. The molecule has 0 unspecified atom stereocenters. The number of hydrogen-bond donors (Lipinski definition) is 1. The Morgan fingerprint density at radius 3 is 2.44 bits per heavy atom. The maximum Gasteiger partial charge on any atom is 0.0574 e. The minimum atomic E-state index is 0.671. The van der Waals surface area contributed by atoms with E-state index in [2.05, 4.69) is 17.3 Å². The van der Waals surface area contributed by atoms with E-state index in [-0.39, 0.29) is 0 Å². The van der Waals surface area contributed by atoms with Gasteiger partial charge in [0.1, 0.15) is 0 Å². The number of nitrogens with one attached hydrogen (secondary N) is 1. The number of rotatable bonds is 3. The van der Waals surface area contributed by atoms with Gasteiger partial charge in [-0.15, -0.1) is 4.91 Å². The highest BCUT2D eigenvalue weighted by Crippen LogP contribution is 2.00. The van der Waals surface area contributed by atoms with Crippen LogP contribution in [-0.4, -0.2) is 0 Å². The summed E-state index contributed by atoms with van der Waals surface area (Å²) in [6, 6.07) is 0. The van der Waals surface area contributed by atoms with E-state index in [9.17, 15) is 4.91 Å². The molecule has 0 aromatic heterocycles. The highest BCUT2D eigenvalue weighted by atomic mass is 16.3. The van der Waals surface area contributed by atoms with Gasteiger partial charge in [0.25, 0.3) is 0 Å². The molecule has 0 atom stereocenters. The smallest absolute Gasteiger partial charge is 0.0574 e. The third-order valence-electron chi connectivity index (χ3n) is 0.915. The zero-order valence-electron chi connectivity index (χ0n) is 5.64. The molecular formula is C6H10N2O. The molecule has 0 bridgehead atoms.